The van der Waals surface area contributed by atoms with Crippen molar-refractivity contribution < 1.29 is 24.5 Å². The summed E-state index contributed by atoms with van der Waals surface area (Å²) in [5.74, 6) is 0.295. The molecule has 1 aliphatic rings. The van der Waals surface area contributed by atoms with E-state index in [0.717, 1.165) is 12.8 Å². The first-order valence-corrected chi connectivity index (χ1v) is 7.04. The standard InChI is InChI=1S/C15H21NO5/c1-20-12-2-3-14(18)13(10-12)15(19)16-6-4-11(5-7-16)21-9-8-17/h2-3,10-11,17-18H,4-9H2,1H3. The van der Waals surface area contributed by atoms with Crippen LogP contribution in [0.4, 0.5) is 0 Å². The molecule has 116 valence electrons. The lowest BCUT2D eigenvalue weighted by Crippen LogP contribution is -2.41. The number of phenols is 1. The Morgan fingerprint density at radius 2 is 2.10 bits per heavy atom. The van der Waals surface area contributed by atoms with Crippen LogP contribution < -0.4 is 4.74 Å². The zero-order valence-corrected chi connectivity index (χ0v) is 12.1. The summed E-state index contributed by atoms with van der Waals surface area (Å²) in [4.78, 5) is 14.1. The lowest BCUT2D eigenvalue weighted by atomic mass is 10.1. The number of aliphatic hydroxyl groups excluding tert-OH is 1. The Balaban J connectivity index is 1.98. The minimum Gasteiger partial charge on any atom is -0.507 e. The Bertz CT molecular complexity index is 483. The molecule has 0 atom stereocenters. The van der Waals surface area contributed by atoms with Crippen molar-refractivity contribution in [2.45, 2.75) is 18.9 Å². The normalized spacial score (nSPS) is 16.0. The number of likely N-dealkylation sites (tertiary alicyclic amines) is 1. The van der Waals surface area contributed by atoms with E-state index in [0.29, 0.717) is 25.4 Å². The predicted molar refractivity (Wildman–Crippen MR) is 76.6 cm³/mol. The predicted octanol–water partition coefficient (Wildman–Crippen LogP) is 1.01. The number of ether oxygens (including phenoxy) is 2. The molecule has 1 aromatic rings. The molecule has 1 aliphatic heterocycles. The highest BCUT2D eigenvalue weighted by Crippen LogP contribution is 2.25. The first kappa shape index (κ1) is 15.6. The number of rotatable bonds is 5. The van der Waals surface area contributed by atoms with Gasteiger partial charge in [-0.1, -0.05) is 0 Å². The highest BCUT2D eigenvalue weighted by atomic mass is 16.5. The molecule has 1 aromatic carbocycles. The Labute approximate surface area is 123 Å². The molecule has 21 heavy (non-hydrogen) atoms. The highest BCUT2D eigenvalue weighted by Gasteiger charge is 2.25. The molecule has 6 nitrogen and oxygen atoms in total. The molecule has 1 amide bonds. The van der Waals surface area contributed by atoms with Gasteiger partial charge >= 0.3 is 0 Å². The van der Waals surface area contributed by atoms with Gasteiger partial charge in [0.25, 0.3) is 5.91 Å². The third-order valence-electron chi connectivity index (χ3n) is 3.61. The van der Waals surface area contributed by atoms with E-state index >= 15 is 0 Å². The summed E-state index contributed by atoms with van der Waals surface area (Å²) < 4.78 is 10.6. The Kier molecular flexibility index (Phi) is 5.41. The number of aromatic hydroxyl groups is 1. The van der Waals surface area contributed by atoms with Gasteiger partial charge in [-0.2, -0.15) is 0 Å². The van der Waals surface area contributed by atoms with Gasteiger partial charge in [-0.15, -0.1) is 0 Å². The molecular formula is C15H21NO5. The second kappa shape index (κ2) is 7.28. The van der Waals surface area contributed by atoms with Crippen LogP contribution in [-0.4, -0.2) is 60.5 Å². The largest absolute Gasteiger partial charge is 0.507 e. The minimum atomic E-state index is -0.202. The van der Waals surface area contributed by atoms with Crippen LogP contribution in [0.15, 0.2) is 18.2 Å². The highest BCUT2D eigenvalue weighted by molar-refractivity contribution is 5.97. The molecule has 1 fully saturated rings. The van der Waals surface area contributed by atoms with Crippen LogP contribution in [0.1, 0.15) is 23.2 Å². The fraction of sp³-hybridized carbons (Fsp3) is 0.533. The van der Waals surface area contributed by atoms with Crippen LogP contribution in [-0.2, 0) is 4.74 Å². The maximum Gasteiger partial charge on any atom is 0.257 e. The van der Waals surface area contributed by atoms with E-state index < -0.39 is 0 Å². The number of nitrogens with zero attached hydrogens (tertiary/aromatic N) is 1. The number of piperidine rings is 1. The summed E-state index contributed by atoms with van der Waals surface area (Å²) in [6.45, 7) is 1.49. The number of methoxy groups -OCH3 is 1. The third kappa shape index (κ3) is 3.86. The maximum atomic E-state index is 12.4. The van der Waals surface area contributed by atoms with Gasteiger partial charge in [-0.3, -0.25) is 4.79 Å². The zero-order chi connectivity index (χ0) is 15.2. The van der Waals surface area contributed by atoms with Gasteiger partial charge < -0.3 is 24.6 Å². The van der Waals surface area contributed by atoms with E-state index in [1.807, 2.05) is 0 Å². The van der Waals surface area contributed by atoms with Crippen molar-refractivity contribution >= 4 is 5.91 Å². The van der Waals surface area contributed by atoms with Gasteiger partial charge in [-0.25, -0.2) is 0 Å². The van der Waals surface area contributed by atoms with Crippen molar-refractivity contribution in [2.75, 3.05) is 33.4 Å². The van der Waals surface area contributed by atoms with Crippen molar-refractivity contribution in [3.05, 3.63) is 23.8 Å². The van der Waals surface area contributed by atoms with Crippen molar-refractivity contribution in [2.24, 2.45) is 0 Å². The minimum absolute atomic E-state index is 0.0107. The van der Waals surface area contributed by atoms with Crippen LogP contribution in [0.5, 0.6) is 11.5 Å². The van der Waals surface area contributed by atoms with Gasteiger partial charge in [-0.05, 0) is 31.0 Å². The number of hydrogen-bond donors (Lipinski definition) is 2. The van der Waals surface area contributed by atoms with Crippen LogP contribution in [0.3, 0.4) is 0 Å². The lowest BCUT2D eigenvalue weighted by Gasteiger charge is -2.32. The van der Waals surface area contributed by atoms with Crippen molar-refractivity contribution in [1.82, 2.24) is 4.90 Å². The van der Waals surface area contributed by atoms with Crippen LogP contribution in [0, 0.1) is 0 Å². The van der Waals surface area contributed by atoms with Gasteiger partial charge in [0.05, 0.1) is 32.0 Å². The number of carbonyl (C=O) groups is 1. The molecule has 6 heteroatoms. The van der Waals surface area contributed by atoms with E-state index in [1.165, 1.54) is 13.2 Å². The van der Waals surface area contributed by atoms with Gasteiger partial charge in [0.1, 0.15) is 11.5 Å². The molecule has 0 unspecified atom stereocenters. The molecule has 0 bridgehead atoms. The fourth-order valence-electron chi connectivity index (χ4n) is 2.43. The fourth-order valence-corrected chi connectivity index (χ4v) is 2.43. The summed E-state index contributed by atoms with van der Waals surface area (Å²) in [5, 5.41) is 18.6. The van der Waals surface area contributed by atoms with Gasteiger partial charge in [0.2, 0.25) is 0 Å². The number of carbonyl (C=O) groups excluding carboxylic acids is 1. The summed E-state index contributed by atoms with van der Waals surface area (Å²) >= 11 is 0. The number of aliphatic hydroxyl groups is 1. The number of hydrogen-bond acceptors (Lipinski definition) is 5. The van der Waals surface area contributed by atoms with E-state index in [4.69, 9.17) is 14.6 Å². The van der Waals surface area contributed by atoms with Crippen molar-refractivity contribution in [3.63, 3.8) is 0 Å². The third-order valence-corrected chi connectivity index (χ3v) is 3.61. The average molecular weight is 295 g/mol. The summed E-state index contributed by atoms with van der Waals surface area (Å²) in [6.07, 6.45) is 1.55. The Morgan fingerprint density at radius 1 is 1.38 bits per heavy atom. The molecule has 2 N–H and O–H groups in total. The summed E-state index contributed by atoms with van der Waals surface area (Å²) in [7, 11) is 1.52. The van der Waals surface area contributed by atoms with Crippen molar-refractivity contribution in [1.29, 1.82) is 0 Å². The van der Waals surface area contributed by atoms with Crippen LogP contribution in [0.2, 0.25) is 0 Å². The number of amides is 1. The SMILES string of the molecule is COc1ccc(O)c(C(=O)N2CCC(OCCO)CC2)c1. The average Bonchev–Trinajstić information content (AvgIpc) is 2.53. The molecule has 1 saturated heterocycles. The first-order chi connectivity index (χ1) is 10.2. The maximum absolute atomic E-state index is 12.4. The molecule has 0 aromatic heterocycles. The van der Waals surface area contributed by atoms with Gasteiger partial charge in [0, 0.05) is 13.1 Å². The van der Waals surface area contributed by atoms with E-state index in [-0.39, 0.29) is 29.9 Å². The van der Waals surface area contributed by atoms with Crippen molar-refractivity contribution in [3.8, 4) is 11.5 Å². The van der Waals surface area contributed by atoms with Crippen LogP contribution >= 0.6 is 0 Å². The smallest absolute Gasteiger partial charge is 0.257 e. The van der Waals surface area contributed by atoms with E-state index in [1.54, 1.807) is 17.0 Å². The molecule has 0 saturated carbocycles. The van der Waals surface area contributed by atoms with E-state index in [2.05, 4.69) is 0 Å². The lowest BCUT2D eigenvalue weighted by molar-refractivity contribution is -0.00558. The quantitative estimate of drug-likeness (QED) is 0.847. The second-order valence-electron chi connectivity index (χ2n) is 4.97. The molecule has 1 heterocycles. The van der Waals surface area contributed by atoms with E-state index in [9.17, 15) is 9.90 Å². The number of phenolic OH excluding ortho intramolecular Hbond substituents is 1. The Morgan fingerprint density at radius 3 is 2.71 bits per heavy atom. The molecule has 0 radical (unpaired) electrons. The molecular weight excluding hydrogens is 274 g/mol. The van der Waals surface area contributed by atoms with Gasteiger partial charge in [0.15, 0.2) is 0 Å². The molecule has 0 spiro atoms. The zero-order valence-electron chi connectivity index (χ0n) is 12.1. The summed E-state index contributed by atoms with van der Waals surface area (Å²) in [5.41, 5.74) is 0.254. The van der Waals surface area contributed by atoms with Crippen LogP contribution in [0.25, 0.3) is 0 Å². The molecule has 0 aliphatic carbocycles. The monoisotopic (exact) mass is 295 g/mol. The number of benzene rings is 1. The first-order valence-electron chi connectivity index (χ1n) is 7.04. The second-order valence-corrected chi connectivity index (χ2v) is 4.97. The molecule has 2 rings (SSSR count). The Hall–Kier alpha value is -1.79. The summed E-state index contributed by atoms with van der Waals surface area (Å²) in [6, 6.07) is 4.62. The topological polar surface area (TPSA) is 79.2 Å².